The Hall–Kier alpha value is -2.26. The smallest absolute Gasteiger partial charge is 0.324 e. The number of morpholine rings is 1. The number of methoxy groups -OCH3 is 1. The molecule has 1 aromatic rings. The highest BCUT2D eigenvalue weighted by Crippen LogP contribution is 2.24. The third-order valence-electron chi connectivity index (χ3n) is 3.26. The van der Waals surface area contributed by atoms with Crippen molar-refractivity contribution < 1.29 is 14.3 Å². The van der Waals surface area contributed by atoms with Crippen LogP contribution in [-0.2, 0) is 4.74 Å². The Balaban J connectivity index is 2.18. The molecule has 20 heavy (non-hydrogen) atoms. The van der Waals surface area contributed by atoms with E-state index in [9.17, 15) is 4.79 Å². The van der Waals surface area contributed by atoms with E-state index in [0.29, 0.717) is 43.3 Å². The van der Waals surface area contributed by atoms with Gasteiger partial charge in [0.2, 0.25) is 0 Å². The van der Waals surface area contributed by atoms with Crippen LogP contribution in [0.1, 0.15) is 5.56 Å². The molecule has 0 bridgehead atoms. The Morgan fingerprint density at radius 2 is 2.15 bits per heavy atom. The molecule has 0 aromatic heterocycles. The van der Waals surface area contributed by atoms with Crippen LogP contribution in [0.4, 0.5) is 10.5 Å². The molecule has 2 amide bonds. The number of nitrogens with zero attached hydrogens (tertiary/aromatic N) is 3. The molecule has 106 valence electrons. The van der Waals surface area contributed by atoms with Crippen LogP contribution in [0.2, 0.25) is 0 Å². The summed E-state index contributed by atoms with van der Waals surface area (Å²) < 4.78 is 10.3. The van der Waals surface area contributed by atoms with Gasteiger partial charge < -0.3 is 14.4 Å². The van der Waals surface area contributed by atoms with Crippen LogP contribution in [-0.4, -0.2) is 51.4 Å². The summed E-state index contributed by atoms with van der Waals surface area (Å²) in [6.07, 6.45) is 0. The van der Waals surface area contributed by atoms with E-state index >= 15 is 0 Å². The number of carbonyl (C=O) groups is 1. The maximum absolute atomic E-state index is 12.3. The van der Waals surface area contributed by atoms with E-state index in [1.54, 1.807) is 30.1 Å². The van der Waals surface area contributed by atoms with Gasteiger partial charge in [-0.25, -0.2) is 4.79 Å². The maximum atomic E-state index is 12.3. The Labute approximate surface area is 118 Å². The van der Waals surface area contributed by atoms with Gasteiger partial charge in [-0.3, -0.25) is 4.90 Å². The fourth-order valence-corrected chi connectivity index (χ4v) is 2.07. The first-order valence-corrected chi connectivity index (χ1v) is 6.36. The van der Waals surface area contributed by atoms with E-state index in [4.69, 9.17) is 14.7 Å². The quantitative estimate of drug-likeness (QED) is 0.819. The lowest BCUT2D eigenvalue weighted by Crippen LogP contribution is -2.47. The van der Waals surface area contributed by atoms with E-state index in [0.717, 1.165) is 0 Å². The zero-order valence-electron chi connectivity index (χ0n) is 11.6. The van der Waals surface area contributed by atoms with Crippen molar-refractivity contribution in [2.24, 2.45) is 0 Å². The molecule has 0 aliphatic carbocycles. The van der Waals surface area contributed by atoms with E-state index in [1.165, 1.54) is 12.0 Å². The number of hydrogen-bond acceptors (Lipinski definition) is 4. The molecule has 0 N–H and O–H groups in total. The number of nitriles is 1. The molecule has 1 aliphatic rings. The molecule has 0 atom stereocenters. The topological polar surface area (TPSA) is 65.8 Å². The molecule has 6 heteroatoms. The van der Waals surface area contributed by atoms with E-state index in [1.807, 2.05) is 0 Å². The van der Waals surface area contributed by atoms with Gasteiger partial charge in [0.1, 0.15) is 11.8 Å². The van der Waals surface area contributed by atoms with Gasteiger partial charge in [0.05, 0.1) is 25.9 Å². The molecule has 1 saturated heterocycles. The molecule has 6 nitrogen and oxygen atoms in total. The Morgan fingerprint density at radius 3 is 2.75 bits per heavy atom. The molecule has 1 fully saturated rings. The zero-order chi connectivity index (χ0) is 14.5. The molecule has 0 radical (unpaired) electrons. The molecular formula is C14H17N3O3. The van der Waals surface area contributed by atoms with Crippen molar-refractivity contribution in [3.8, 4) is 11.8 Å². The molecule has 1 heterocycles. The monoisotopic (exact) mass is 275 g/mol. The normalized spacial score (nSPS) is 14.6. The summed E-state index contributed by atoms with van der Waals surface area (Å²) in [5, 5.41) is 9.08. The molecular weight excluding hydrogens is 258 g/mol. The van der Waals surface area contributed by atoms with Gasteiger partial charge in [-0.05, 0) is 18.2 Å². The SMILES string of the molecule is COc1ccc(N(C)C(=O)N2CCOCC2)cc1C#N. The summed E-state index contributed by atoms with van der Waals surface area (Å²) in [4.78, 5) is 15.6. The first-order chi connectivity index (χ1) is 9.67. The molecule has 0 saturated carbocycles. The number of ether oxygens (including phenoxy) is 2. The van der Waals surface area contributed by atoms with Crippen molar-refractivity contribution in [1.29, 1.82) is 5.26 Å². The molecule has 0 unspecified atom stereocenters. The van der Waals surface area contributed by atoms with Gasteiger partial charge in [0.25, 0.3) is 0 Å². The standard InChI is InChI=1S/C14H17N3O3/c1-16(14(18)17-5-7-20-8-6-17)12-3-4-13(19-2)11(9-12)10-15/h3-4,9H,5-8H2,1-2H3. The largest absolute Gasteiger partial charge is 0.495 e. The van der Waals surface area contributed by atoms with Crippen LogP contribution in [0.15, 0.2) is 18.2 Å². The zero-order valence-corrected chi connectivity index (χ0v) is 11.6. The fourth-order valence-electron chi connectivity index (χ4n) is 2.07. The molecule has 0 spiro atoms. The van der Waals surface area contributed by atoms with Crippen molar-refractivity contribution in [1.82, 2.24) is 4.90 Å². The van der Waals surface area contributed by atoms with Crippen molar-refractivity contribution in [3.63, 3.8) is 0 Å². The van der Waals surface area contributed by atoms with Gasteiger partial charge in [0, 0.05) is 25.8 Å². The van der Waals surface area contributed by atoms with E-state index < -0.39 is 0 Å². The summed E-state index contributed by atoms with van der Waals surface area (Å²) in [6, 6.07) is 7.07. The van der Waals surface area contributed by atoms with Crippen LogP contribution in [0.3, 0.4) is 0 Å². The number of urea groups is 1. The summed E-state index contributed by atoms with van der Waals surface area (Å²) in [5.41, 5.74) is 1.07. The average Bonchev–Trinajstić information content (AvgIpc) is 2.53. The number of carbonyl (C=O) groups excluding carboxylic acids is 1. The lowest BCUT2D eigenvalue weighted by molar-refractivity contribution is 0.0551. The fraction of sp³-hybridized carbons (Fsp3) is 0.429. The van der Waals surface area contributed by atoms with Gasteiger partial charge in [-0.15, -0.1) is 0 Å². The predicted octanol–water partition coefficient (Wildman–Crippen LogP) is 1.46. The minimum atomic E-state index is -0.0950. The second kappa shape index (κ2) is 6.26. The lowest BCUT2D eigenvalue weighted by atomic mass is 10.2. The predicted molar refractivity (Wildman–Crippen MR) is 73.9 cm³/mol. The maximum Gasteiger partial charge on any atom is 0.324 e. The lowest BCUT2D eigenvalue weighted by Gasteiger charge is -2.31. The molecule has 2 rings (SSSR count). The van der Waals surface area contributed by atoms with Gasteiger partial charge in [0.15, 0.2) is 0 Å². The Bertz CT molecular complexity index is 533. The van der Waals surface area contributed by atoms with Crippen LogP contribution < -0.4 is 9.64 Å². The number of hydrogen-bond donors (Lipinski definition) is 0. The minimum Gasteiger partial charge on any atom is -0.495 e. The number of amides is 2. The first-order valence-electron chi connectivity index (χ1n) is 6.36. The Kier molecular flexibility index (Phi) is 4.43. The van der Waals surface area contributed by atoms with E-state index in [2.05, 4.69) is 6.07 Å². The second-order valence-electron chi connectivity index (χ2n) is 4.44. The second-order valence-corrected chi connectivity index (χ2v) is 4.44. The highest BCUT2D eigenvalue weighted by Gasteiger charge is 2.21. The third kappa shape index (κ3) is 2.83. The van der Waals surface area contributed by atoms with E-state index in [-0.39, 0.29) is 6.03 Å². The van der Waals surface area contributed by atoms with Gasteiger partial charge in [-0.1, -0.05) is 0 Å². The van der Waals surface area contributed by atoms with Crippen molar-refractivity contribution in [2.75, 3.05) is 45.4 Å². The number of anilines is 1. The Morgan fingerprint density at radius 1 is 1.45 bits per heavy atom. The van der Waals surface area contributed by atoms with Crippen molar-refractivity contribution >= 4 is 11.7 Å². The number of rotatable bonds is 2. The van der Waals surface area contributed by atoms with Crippen LogP contribution >= 0.6 is 0 Å². The van der Waals surface area contributed by atoms with Crippen LogP contribution in [0, 0.1) is 11.3 Å². The van der Waals surface area contributed by atoms with Gasteiger partial charge in [-0.2, -0.15) is 5.26 Å². The van der Waals surface area contributed by atoms with Crippen molar-refractivity contribution in [3.05, 3.63) is 23.8 Å². The van der Waals surface area contributed by atoms with Crippen molar-refractivity contribution in [2.45, 2.75) is 0 Å². The minimum absolute atomic E-state index is 0.0950. The highest BCUT2D eigenvalue weighted by atomic mass is 16.5. The van der Waals surface area contributed by atoms with Crippen LogP contribution in [0.5, 0.6) is 5.75 Å². The number of benzene rings is 1. The summed E-state index contributed by atoms with van der Waals surface area (Å²) >= 11 is 0. The summed E-state index contributed by atoms with van der Waals surface area (Å²) in [6.45, 7) is 2.30. The summed E-state index contributed by atoms with van der Waals surface area (Å²) in [7, 11) is 3.21. The summed E-state index contributed by atoms with van der Waals surface area (Å²) in [5.74, 6) is 0.503. The third-order valence-corrected chi connectivity index (χ3v) is 3.26. The van der Waals surface area contributed by atoms with Crippen LogP contribution in [0.25, 0.3) is 0 Å². The average molecular weight is 275 g/mol. The molecule has 1 aliphatic heterocycles. The highest BCUT2D eigenvalue weighted by molar-refractivity contribution is 5.91. The molecule has 1 aromatic carbocycles. The first kappa shape index (κ1) is 14.2. The van der Waals surface area contributed by atoms with Gasteiger partial charge >= 0.3 is 6.03 Å².